The highest BCUT2D eigenvalue weighted by Crippen LogP contribution is 2.54. The first-order chi connectivity index (χ1) is 13.9. The summed E-state index contributed by atoms with van der Waals surface area (Å²) in [6.45, 7) is 3.63. The molecule has 0 aromatic heterocycles. The van der Waals surface area contributed by atoms with Crippen molar-refractivity contribution in [2.75, 3.05) is 27.2 Å². The SMILES string of the molecule is Cc1ccccc1/C=C/C(=O)N1CCC2(CC1)CC(N(C)C)c1cccc(Cl)c12. The Morgan fingerprint density at radius 3 is 2.55 bits per heavy atom. The van der Waals surface area contributed by atoms with Gasteiger partial charge in [0.05, 0.1) is 0 Å². The average Bonchev–Trinajstić information content (AvgIpc) is 3.03. The Bertz CT molecular complexity index is 942. The third-order valence-corrected chi connectivity index (χ3v) is 7.08. The largest absolute Gasteiger partial charge is 0.339 e. The summed E-state index contributed by atoms with van der Waals surface area (Å²) in [6, 6.07) is 14.8. The van der Waals surface area contributed by atoms with E-state index in [2.05, 4.69) is 44.1 Å². The fourth-order valence-electron chi connectivity index (χ4n) is 5.07. The number of nitrogens with zero attached hydrogens (tertiary/aromatic N) is 2. The van der Waals surface area contributed by atoms with Gasteiger partial charge < -0.3 is 9.80 Å². The number of hydrogen-bond acceptors (Lipinski definition) is 2. The summed E-state index contributed by atoms with van der Waals surface area (Å²) < 4.78 is 0. The van der Waals surface area contributed by atoms with E-state index in [0.29, 0.717) is 6.04 Å². The van der Waals surface area contributed by atoms with E-state index in [1.807, 2.05) is 35.2 Å². The molecule has 1 spiro atoms. The fraction of sp³-hybridized carbons (Fsp3) is 0.400. The second-order valence-corrected chi connectivity index (χ2v) is 9.09. The van der Waals surface area contributed by atoms with Gasteiger partial charge in [-0.05, 0) is 74.7 Å². The van der Waals surface area contributed by atoms with Gasteiger partial charge in [0.25, 0.3) is 0 Å². The van der Waals surface area contributed by atoms with Gasteiger partial charge in [0, 0.05) is 35.6 Å². The molecule has 2 aromatic carbocycles. The van der Waals surface area contributed by atoms with E-state index >= 15 is 0 Å². The zero-order valence-electron chi connectivity index (χ0n) is 17.5. The number of aryl methyl sites for hydroxylation is 1. The summed E-state index contributed by atoms with van der Waals surface area (Å²) in [7, 11) is 4.28. The van der Waals surface area contributed by atoms with E-state index in [-0.39, 0.29) is 11.3 Å². The number of carbonyl (C=O) groups excluding carboxylic acids is 1. The molecule has 1 heterocycles. The van der Waals surface area contributed by atoms with E-state index in [1.165, 1.54) is 16.7 Å². The van der Waals surface area contributed by atoms with Gasteiger partial charge in [-0.25, -0.2) is 0 Å². The van der Waals surface area contributed by atoms with Crippen LogP contribution in [0.1, 0.15) is 47.6 Å². The van der Waals surface area contributed by atoms with Crippen molar-refractivity contribution in [3.05, 3.63) is 75.8 Å². The zero-order valence-corrected chi connectivity index (χ0v) is 18.2. The second-order valence-electron chi connectivity index (χ2n) is 8.68. The Balaban J connectivity index is 1.50. The van der Waals surface area contributed by atoms with Gasteiger partial charge in [-0.3, -0.25) is 4.79 Å². The number of fused-ring (bicyclic) bond motifs is 2. The van der Waals surface area contributed by atoms with Gasteiger partial charge in [0.15, 0.2) is 0 Å². The molecule has 29 heavy (non-hydrogen) atoms. The first-order valence-electron chi connectivity index (χ1n) is 10.4. The van der Waals surface area contributed by atoms with E-state index in [4.69, 9.17) is 11.6 Å². The van der Waals surface area contributed by atoms with Gasteiger partial charge >= 0.3 is 0 Å². The molecule has 1 aliphatic heterocycles. The lowest BCUT2D eigenvalue weighted by Gasteiger charge is -2.40. The Labute approximate surface area is 179 Å². The lowest BCUT2D eigenvalue weighted by atomic mass is 9.73. The number of rotatable bonds is 3. The van der Waals surface area contributed by atoms with Crippen LogP contribution in [0.4, 0.5) is 0 Å². The summed E-state index contributed by atoms with van der Waals surface area (Å²) in [4.78, 5) is 17.1. The molecule has 0 bridgehead atoms. The summed E-state index contributed by atoms with van der Waals surface area (Å²) in [5.41, 5.74) is 5.05. The number of amides is 1. The van der Waals surface area contributed by atoms with Crippen LogP contribution in [-0.4, -0.2) is 42.9 Å². The summed E-state index contributed by atoms with van der Waals surface area (Å²) in [6.07, 6.45) is 6.68. The number of hydrogen-bond donors (Lipinski definition) is 0. The maximum atomic E-state index is 12.8. The van der Waals surface area contributed by atoms with Crippen molar-refractivity contribution >= 4 is 23.6 Å². The molecule has 0 saturated carbocycles. The minimum atomic E-state index is 0.0825. The van der Waals surface area contributed by atoms with E-state index < -0.39 is 0 Å². The maximum Gasteiger partial charge on any atom is 0.246 e. The second kappa shape index (κ2) is 7.97. The number of halogens is 1. The molecule has 1 atom stereocenters. The minimum absolute atomic E-state index is 0.0825. The van der Waals surface area contributed by atoms with E-state index in [0.717, 1.165) is 42.9 Å². The number of benzene rings is 2. The maximum absolute atomic E-state index is 12.8. The van der Waals surface area contributed by atoms with Crippen molar-refractivity contribution in [2.45, 2.75) is 37.6 Å². The quantitative estimate of drug-likeness (QED) is 0.649. The van der Waals surface area contributed by atoms with Crippen LogP contribution in [0.5, 0.6) is 0 Å². The van der Waals surface area contributed by atoms with Crippen molar-refractivity contribution in [3.8, 4) is 0 Å². The highest BCUT2D eigenvalue weighted by molar-refractivity contribution is 6.31. The third-order valence-electron chi connectivity index (χ3n) is 6.77. The van der Waals surface area contributed by atoms with Crippen LogP contribution in [0.25, 0.3) is 6.08 Å². The molecule has 1 fully saturated rings. The predicted molar refractivity (Wildman–Crippen MR) is 120 cm³/mol. The van der Waals surface area contributed by atoms with Gasteiger partial charge in [0.2, 0.25) is 5.91 Å². The summed E-state index contributed by atoms with van der Waals surface area (Å²) >= 11 is 6.68. The van der Waals surface area contributed by atoms with Crippen LogP contribution >= 0.6 is 11.6 Å². The third kappa shape index (κ3) is 3.74. The van der Waals surface area contributed by atoms with Crippen LogP contribution in [-0.2, 0) is 10.2 Å². The van der Waals surface area contributed by atoms with Crippen molar-refractivity contribution in [1.82, 2.24) is 9.80 Å². The molecular formula is C25H29ClN2O. The first-order valence-corrected chi connectivity index (χ1v) is 10.8. The number of likely N-dealkylation sites (tertiary alicyclic amines) is 1. The van der Waals surface area contributed by atoms with Crippen molar-refractivity contribution in [3.63, 3.8) is 0 Å². The normalized spacial score (nSPS) is 20.6. The molecule has 1 saturated heterocycles. The Kier molecular flexibility index (Phi) is 5.54. The minimum Gasteiger partial charge on any atom is -0.339 e. The van der Waals surface area contributed by atoms with Crippen molar-refractivity contribution in [1.29, 1.82) is 0 Å². The summed E-state index contributed by atoms with van der Waals surface area (Å²) in [5, 5.41) is 0.881. The van der Waals surface area contributed by atoms with E-state index in [9.17, 15) is 4.79 Å². The van der Waals surface area contributed by atoms with Crippen LogP contribution in [0.3, 0.4) is 0 Å². The van der Waals surface area contributed by atoms with Crippen LogP contribution in [0, 0.1) is 6.92 Å². The molecule has 4 heteroatoms. The van der Waals surface area contributed by atoms with E-state index in [1.54, 1.807) is 6.08 Å². The molecule has 3 nitrogen and oxygen atoms in total. The highest BCUT2D eigenvalue weighted by Gasteiger charge is 2.47. The van der Waals surface area contributed by atoms with Gasteiger partial charge in [-0.1, -0.05) is 48.0 Å². The van der Waals surface area contributed by atoms with Crippen molar-refractivity contribution < 1.29 is 4.79 Å². The molecule has 1 amide bonds. The highest BCUT2D eigenvalue weighted by atomic mass is 35.5. The molecular weight excluding hydrogens is 380 g/mol. The average molecular weight is 409 g/mol. The standard InChI is InChI=1S/C25H29ClN2O/c1-18-7-4-5-8-19(18)11-12-23(29)28-15-13-25(14-16-28)17-22(27(2)3)20-9-6-10-21(26)24(20)25/h4-12,22H,13-17H2,1-3H3/b12-11+. The first kappa shape index (κ1) is 20.2. The number of piperidine rings is 1. The Morgan fingerprint density at radius 1 is 1.14 bits per heavy atom. The lowest BCUT2D eigenvalue weighted by Crippen LogP contribution is -2.44. The fourth-order valence-corrected chi connectivity index (χ4v) is 5.45. The van der Waals surface area contributed by atoms with Crippen LogP contribution in [0.15, 0.2) is 48.5 Å². The lowest BCUT2D eigenvalue weighted by molar-refractivity contribution is -0.127. The molecule has 2 aromatic rings. The summed E-state index contributed by atoms with van der Waals surface area (Å²) in [5.74, 6) is 0.102. The van der Waals surface area contributed by atoms with Crippen molar-refractivity contribution in [2.24, 2.45) is 0 Å². The van der Waals surface area contributed by atoms with Crippen LogP contribution < -0.4 is 0 Å². The zero-order chi connectivity index (χ0) is 20.6. The molecule has 0 N–H and O–H groups in total. The van der Waals surface area contributed by atoms with Crippen LogP contribution in [0.2, 0.25) is 5.02 Å². The van der Waals surface area contributed by atoms with Gasteiger partial charge in [-0.2, -0.15) is 0 Å². The smallest absolute Gasteiger partial charge is 0.246 e. The number of carbonyl (C=O) groups is 1. The molecule has 1 unspecified atom stereocenters. The molecule has 152 valence electrons. The molecule has 0 radical (unpaired) electrons. The van der Waals surface area contributed by atoms with Gasteiger partial charge in [-0.15, -0.1) is 0 Å². The molecule has 2 aliphatic rings. The predicted octanol–water partition coefficient (Wildman–Crippen LogP) is 5.23. The van der Waals surface area contributed by atoms with Gasteiger partial charge in [0.1, 0.15) is 0 Å². The molecule has 1 aliphatic carbocycles. The Morgan fingerprint density at radius 2 is 1.86 bits per heavy atom. The topological polar surface area (TPSA) is 23.6 Å². The Hall–Kier alpha value is -2.10. The molecule has 4 rings (SSSR count). The monoisotopic (exact) mass is 408 g/mol.